The first-order valence-corrected chi connectivity index (χ1v) is 2.50. The van der Waals surface area contributed by atoms with Crippen LogP contribution in [0.3, 0.4) is 0 Å². The third-order valence-electron chi connectivity index (χ3n) is 0.477. The van der Waals surface area contributed by atoms with Crippen LogP contribution in [0.15, 0.2) is 24.0 Å². The zero-order valence-electron chi connectivity index (χ0n) is 5.46. The highest BCUT2D eigenvalue weighted by atomic mass is 16.5. The standard InChI is InChI=1S/C6H10O3/c1-5(7)3-9-4-6(2)8/h3-4,7-8H,1-2H3. The molecule has 0 aromatic rings. The topological polar surface area (TPSA) is 49.7 Å². The molecule has 0 atom stereocenters. The summed E-state index contributed by atoms with van der Waals surface area (Å²) >= 11 is 0. The van der Waals surface area contributed by atoms with Crippen LogP contribution in [0.4, 0.5) is 0 Å². The molecule has 2 N–H and O–H groups in total. The number of rotatable bonds is 2. The number of hydrogen-bond donors (Lipinski definition) is 2. The van der Waals surface area contributed by atoms with E-state index in [2.05, 4.69) is 4.74 Å². The fraction of sp³-hybridized carbons (Fsp3) is 0.333. The molecule has 0 radical (unpaired) electrons. The maximum Gasteiger partial charge on any atom is 0.127 e. The van der Waals surface area contributed by atoms with E-state index in [9.17, 15) is 0 Å². The summed E-state index contributed by atoms with van der Waals surface area (Å²) < 4.78 is 4.53. The summed E-state index contributed by atoms with van der Waals surface area (Å²) in [4.78, 5) is 0. The molecule has 0 heterocycles. The van der Waals surface area contributed by atoms with Gasteiger partial charge in [-0.2, -0.15) is 0 Å². The van der Waals surface area contributed by atoms with Gasteiger partial charge >= 0.3 is 0 Å². The molecular formula is C6H10O3. The Hall–Kier alpha value is -1.12. The minimum atomic E-state index is 0.0625. The van der Waals surface area contributed by atoms with Crippen LogP contribution in [0.2, 0.25) is 0 Å². The number of aliphatic hydroxyl groups excluding tert-OH is 2. The highest BCUT2D eigenvalue weighted by molar-refractivity contribution is 4.83. The van der Waals surface area contributed by atoms with E-state index in [-0.39, 0.29) is 11.5 Å². The maximum atomic E-state index is 8.49. The molecular weight excluding hydrogens is 120 g/mol. The molecule has 0 aliphatic heterocycles. The molecule has 0 aromatic carbocycles. The van der Waals surface area contributed by atoms with Gasteiger partial charge in [-0.15, -0.1) is 0 Å². The molecule has 0 bridgehead atoms. The van der Waals surface area contributed by atoms with Crippen molar-refractivity contribution in [2.24, 2.45) is 0 Å². The first-order chi connectivity index (χ1) is 4.13. The second-order valence-electron chi connectivity index (χ2n) is 1.65. The predicted molar refractivity (Wildman–Crippen MR) is 33.9 cm³/mol. The first-order valence-electron chi connectivity index (χ1n) is 2.50. The molecule has 52 valence electrons. The summed E-state index contributed by atoms with van der Waals surface area (Å²) in [6.07, 6.45) is 2.25. The smallest absolute Gasteiger partial charge is 0.127 e. The van der Waals surface area contributed by atoms with Crippen molar-refractivity contribution in [1.29, 1.82) is 0 Å². The molecule has 0 aromatic heterocycles. The molecule has 0 aliphatic carbocycles. The van der Waals surface area contributed by atoms with Crippen molar-refractivity contribution in [1.82, 2.24) is 0 Å². The zero-order chi connectivity index (χ0) is 7.28. The van der Waals surface area contributed by atoms with Crippen LogP contribution in [0.1, 0.15) is 13.8 Å². The van der Waals surface area contributed by atoms with E-state index in [1.165, 1.54) is 13.8 Å². The number of aliphatic hydroxyl groups is 2. The van der Waals surface area contributed by atoms with Gasteiger partial charge in [0.15, 0.2) is 0 Å². The van der Waals surface area contributed by atoms with Crippen LogP contribution >= 0.6 is 0 Å². The average molecular weight is 130 g/mol. The van der Waals surface area contributed by atoms with Gasteiger partial charge in [0.1, 0.15) is 24.0 Å². The van der Waals surface area contributed by atoms with E-state index in [0.717, 1.165) is 12.5 Å². The van der Waals surface area contributed by atoms with E-state index in [4.69, 9.17) is 10.2 Å². The summed E-state index contributed by atoms with van der Waals surface area (Å²) in [5.74, 6) is 0.125. The van der Waals surface area contributed by atoms with Crippen molar-refractivity contribution >= 4 is 0 Å². The molecule has 0 rings (SSSR count). The van der Waals surface area contributed by atoms with Gasteiger partial charge in [-0.1, -0.05) is 0 Å². The van der Waals surface area contributed by atoms with E-state index >= 15 is 0 Å². The lowest BCUT2D eigenvalue weighted by Crippen LogP contribution is -1.75. The molecule has 3 heteroatoms. The zero-order valence-corrected chi connectivity index (χ0v) is 5.46. The van der Waals surface area contributed by atoms with E-state index < -0.39 is 0 Å². The largest absolute Gasteiger partial charge is 0.509 e. The van der Waals surface area contributed by atoms with Crippen LogP contribution in [-0.4, -0.2) is 10.2 Å². The maximum absolute atomic E-state index is 8.49. The average Bonchev–Trinajstić information content (AvgIpc) is 1.63. The molecule has 0 fully saturated rings. The van der Waals surface area contributed by atoms with Crippen LogP contribution < -0.4 is 0 Å². The fourth-order valence-corrected chi connectivity index (χ4v) is 0.231. The monoisotopic (exact) mass is 130 g/mol. The third-order valence-corrected chi connectivity index (χ3v) is 0.477. The Morgan fingerprint density at radius 1 is 1.11 bits per heavy atom. The Labute approximate surface area is 53.9 Å². The van der Waals surface area contributed by atoms with E-state index in [1.54, 1.807) is 0 Å². The summed E-state index contributed by atoms with van der Waals surface area (Å²) in [6.45, 7) is 2.95. The number of ether oxygens (including phenoxy) is 1. The number of hydrogen-bond acceptors (Lipinski definition) is 3. The van der Waals surface area contributed by atoms with Crippen LogP contribution in [0.25, 0.3) is 0 Å². The van der Waals surface area contributed by atoms with Gasteiger partial charge in [0.05, 0.1) is 0 Å². The Morgan fingerprint density at radius 2 is 1.44 bits per heavy atom. The second-order valence-corrected chi connectivity index (χ2v) is 1.65. The van der Waals surface area contributed by atoms with Crippen LogP contribution in [0, 0.1) is 0 Å². The quantitative estimate of drug-likeness (QED) is 0.561. The van der Waals surface area contributed by atoms with Gasteiger partial charge in [0.2, 0.25) is 0 Å². The summed E-state index contributed by atoms with van der Waals surface area (Å²) in [5, 5.41) is 17.0. The Bertz CT molecular complexity index is 111. The van der Waals surface area contributed by atoms with Gasteiger partial charge in [-0.05, 0) is 13.8 Å². The Morgan fingerprint density at radius 3 is 1.67 bits per heavy atom. The van der Waals surface area contributed by atoms with Gasteiger partial charge < -0.3 is 14.9 Å². The minimum absolute atomic E-state index is 0.0625. The Balaban J connectivity index is 3.53. The van der Waals surface area contributed by atoms with Crippen molar-refractivity contribution < 1.29 is 14.9 Å². The number of allylic oxidation sites excluding steroid dienone is 2. The van der Waals surface area contributed by atoms with Crippen molar-refractivity contribution in [3.05, 3.63) is 24.0 Å². The van der Waals surface area contributed by atoms with Gasteiger partial charge in [-0.3, -0.25) is 0 Å². The lowest BCUT2D eigenvalue weighted by molar-refractivity contribution is 0.310. The molecule has 3 nitrogen and oxygen atoms in total. The van der Waals surface area contributed by atoms with Crippen molar-refractivity contribution in [3.8, 4) is 0 Å². The Kier molecular flexibility index (Phi) is 3.35. The minimum Gasteiger partial charge on any atom is -0.509 e. The summed E-state index contributed by atoms with van der Waals surface area (Å²) in [6, 6.07) is 0. The summed E-state index contributed by atoms with van der Waals surface area (Å²) in [5.41, 5.74) is 0. The van der Waals surface area contributed by atoms with Crippen molar-refractivity contribution in [2.45, 2.75) is 13.8 Å². The molecule has 0 spiro atoms. The van der Waals surface area contributed by atoms with Crippen molar-refractivity contribution in [3.63, 3.8) is 0 Å². The second kappa shape index (κ2) is 3.83. The van der Waals surface area contributed by atoms with E-state index in [1.807, 2.05) is 0 Å². The lowest BCUT2D eigenvalue weighted by atomic mass is 10.6. The highest BCUT2D eigenvalue weighted by Gasteiger charge is 1.78. The van der Waals surface area contributed by atoms with Crippen molar-refractivity contribution in [2.75, 3.05) is 0 Å². The lowest BCUT2D eigenvalue weighted by Gasteiger charge is -1.90. The van der Waals surface area contributed by atoms with Crippen LogP contribution in [-0.2, 0) is 4.74 Å². The molecule has 0 saturated heterocycles. The highest BCUT2D eigenvalue weighted by Crippen LogP contribution is 1.89. The SMILES string of the molecule is CC(O)=COC=C(C)O. The normalized spacial score (nSPS) is 13.6. The van der Waals surface area contributed by atoms with Gasteiger partial charge in [0, 0.05) is 0 Å². The summed E-state index contributed by atoms with van der Waals surface area (Å²) in [7, 11) is 0. The molecule has 9 heavy (non-hydrogen) atoms. The molecule has 0 aliphatic rings. The third kappa shape index (κ3) is 6.88. The predicted octanol–water partition coefficient (Wildman–Crippen LogP) is 1.84. The van der Waals surface area contributed by atoms with Crippen LogP contribution in [0.5, 0.6) is 0 Å². The molecule has 0 saturated carbocycles. The molecule has 0 amide bonds. The van der Waals surface area contributed by atoms with E-state index in [0.29, 0.717) is 0 Å². The molecule has 0 unspecified atom stereocenters. The van der Waals surface area contributed by atoms with Gasteiger partial charge in [0.25, 0.3) is 0 Å². The first kappa shape index (κ1) is 7.88. The fourth-order valence-electron chi connectivity index (χ4n) is 0.231. The van der Waals surface area contributed by atoms with Gasteiger partial charge in [-0.25, -0.2) is 0 Å².